The number of nitrogens with zero attached hydrogens (tertiary/aromatic N) is 3. The van der Waals surface area contributed by atoms with Crippen LogP contribution in [-0.2, 0) is 9.59 Å². The number of amides is 2. The molecular formula is C27H30FN5O3. The molecule has 0 spiro atoms. The van der Waals surface area contributed by atoms with Gasteiger partial charge in [0, 0.05) is 50.8 Å². The Hall–Kier alpha value is -3.98. The molecule has 36 heavy (non-hydrogen) atoms. The number of benzene rings is 2. The molecular weight excluding hydrogens is 461 g/mol. The summed E-state index contributed by atoms with van der Waals surface area (Å²) < 4.78 is 19.6. The first-order valence-corrected chi connectivity index (χ1v) is 12.0. The van der Waals surface area contributed by atoms with Crippen molar-refractivity contribution in [3.63, 3.8) is 0 Å². The third-order valence-corrected chi connectivity index (χ3v) is 6.10. The maximum atomic E-state index is 14.2. The number of carbonyl (C=O) groups is 2. The van der Waals surface area contributed by atoms with Crippen molar-refractivity contribution in [2.45, 2.75) is 13.0 Å². The van der Waals surface area contributed by atoms with Crippen molar-refractivity contribution in [1.82, 2.24) is 15.2 Å². The summed E-state index contributed by atoms with van der Waals surface area (Å²) in [6, 6.07) is 17.2. The van der Waals surface area contributed by atoms with Crippen molar-refractivity contribution in [3.05, 3.63) is 84.4 Å². The fourth-order valence-corrected chi connectivity index (χ4v) is 4.27. The van der Waals surface area contributed by atoms with E-state index in [1.165, 1.54) is 6.07 Å². The molecule has 0 unspecified atom stereocenters. The summed E-state index contributed by atoms with van der Waals surface area (Å²) in [6.45, 7) is 5.30. The fraction of sp³-hybridized carbons (Fsp3) is 0.296. The second-order valence-electron chi connectivity index (χ2n) is 8.40. The van der Waals surface area contributed by atoms with Gasteiger partial charge in [-0.05, 0) is 55.0 Å². The topological polar surface area (TPSA) is 86.8 Å². The van der Waals surface area contributed by atoms with Gasteiger partial charge in [-0.15, -0.1) is 0 Å². The molecule has 2 amide bonds. The quantitative estimate of drug-likeness (QED) is 0.471. The van der Waals surface area contributed by atoms with Crippen molar-refractivity contribution in [2.24, 2.45) is 0 Å². The minimum absolute atomic E-state index is 0.177. The lowest BCUT2D eigenvalue weighted by atomic mass is 10.1. The van der Waals surface area contributed by atoms with Gasteiger partial charge in [-0.2, -0.15) is 0 Å². The molecule has 1 fully saturated rings. The highest BCUT2D eigenvalue weighted by Crippen LogP contribution is 2.25. The third kappa shape index (κ3) is 6.37. The van der Waals surface area contributed by atoms with Crippen LogP contribution >= 0.6 is 0 Å². The first kappa shape index (κ1) is 25.1. The number of ether oxygens (including phenoxy) is 1. The summed E-state index contributed by atoms with van der Waals surface area (Å²) in [7, 11) is 0. The molecule has 8 nitrogen and oxygen atoms in total. The molecule has 1 aromatic heterocycles. The maximum absolute atomic E-state index is 14.2. The molecule has 188 valence electrons. The van der Waals surface area contributed by atoms with E-state index in [1.807, 2.05) is 30.0 Å². The van der Waals surface area contributed by atoms with E-state index in [1.54, 1.807) is 48.8 Å². The summed E-state index contributed by atoms with van der Waals surface area (Å²) in [4.78, 5) is 33.5. The minimum Gasteiger partial charge on any atom is -0.494 e. The number of rotatable bonds is 8. The lowest BCUT2D eigenvalue weighted by molar-refractivity contribution is -0.136. The predicted molar refractivity (Wildman–Crippen MR) is 136 cm³/mol. The molecule has 3 aromatic rings. The zero-order valence-corrected chi connectivity index (χ0v) is 20.2. The normalized spacial score (nSPS) is 14.7. The number of hydrogen-bond acceptors (Lipinski definition) is 6. The highest BCUT2D eigenvalue weighted by atomic mass is 19.1. The number of hydrogen-bond donors (Lipinski definition) is 2. The molecule has 9 heteroatoms. The van der Waals surface area contributed by atoms with E-state index in [0.29, 0.717) is 49.9 Å². The Labute approximate surface area is 210 Å². The van der Waals surface area contributed by atoms with Gasteiger partial charge in [0.15, 0.2) is 0 Å². The molecule has 0 saturated carbocycles. The summed E-state index contributed by atoms with van der Waals surface area (Å²) in [5.74, 6) is -1.01. The number of carbonyl (C=O) groups excluding carboxylic acids is 2. The highest BCUT2D eigenvalue weighted by Gasteiger charge is 2.27. The molecule has 1 atom stereocenters. The fourth-order valence-electron chi connectivity index (χ4n) is 4.27. The molecule has 1 saturated heterocycles. The summed E-state index contributed by atoms with van der Waals surface area (Å²) in [5.41, 5.74) is 2.03. The van der Waals surface area contributed by atoms with Crippen LogP contribution in [0.1, 0.15) is 18.5 Å². The van der Waals surface area contributed by atoms with Crippen molar-refractivity contribution in [3.8, 4) is 5.75 Å². The van der Waals surface area contributed by atoms with Crippen LogP contribution in [0.25, 0.3) is 0 Å². The van der Waals surface area contributed by atoms with E-state index in [9.17, 15) is 14.0 Å². The second kappa shape index (κ2) is 12.1. The average molecular weight is 492 g/mol. The summed E-state index contributed by atoms with van der Waals surface area (Å²) in [6.07, 6.45) is 3.46. The van der Waals surface area contributed by atoms with Crippen LogP contribution in [0.2, 0.25) is 0 Å². The highest BCUT2D eigenvalue weighted by molar-refractivity contribution is 6.39. The van der Waals surface area contributed by atoms with E-state index < -0.39 is 11.8 Å². The Kier molecular flexibility index (Phi) is 8.46. The van der Waals surface area contributed by atoms with Crippen molar-refractivity contribution in [2.75, 3.05) is 49.5 Å². The van der Waals surface area contributed by atoms with Gasteiger partial charge in [0.05, 0.1) is 18.3 Å². The Bertz CT molecular complexity index is 1150. The molecule has 1 aliphatic heterocycles. The van der Waals surface area contributed by atoms with E-state index in [4.69, 9.17) is 4.74 Å². The van der Waals surface area contributed by atoms with Gasteiger partial charge >= 0.3 is 11.8 Å². The molecule has 2 N–H and O–H groups in total. The smallest absolute Gasteiger partial charge is 0.313 e. The van der Waals surface area contributed by atoms with Gasteiger partial charge in [0.2, 0.25) is 0 Å². The number of halogens is 1. The van der Waals surface area contributed by atoms with Crippen LogP contribution in [0.15, 0.2) is 73.1 Å². The number of para-hydroxylation sites is 1. The van der Waals surface area contributed by atoms with Gasteiger partial charge < -0.3 is 20.3 Å². The molecule has 2 aromatic carbocycles. The summed E-state index contributed by atoms with van der Waals surface area (Å²) in [5, 5.41) is 5.37. The van der Waals surface area contributed by atoms with Crippen LogP contribution in [0.5, 0.6) is 5.75 Å². The Morgan fingerprint density at radius 1 is 1.00 bits per heavy atom. The van der Waals surface area contributed by atoms with Crippen LogP contribution in [0.3, 0.4) is 0 Å². The van der Waals surface area contributed by atoms with Gasteiger partial charge in [-0.25, -0.2) is 4.39 Å². The van der Waals surface area contributed by atoms with E-state index >= 15 is 0 Å². The second-order valence-corrected chi connectivity index (χ2v) is 8.40. The number of pyridine rings is 1. The van der Waals surface area contributed by atoms with Gasteiger partial charge in [-0.3, -0.25) is 19.5 Å². The van der Waals surface area contributed by atoms with Gasteiger partial charge in [-0.1, -0.05) is 18.2 Å². The average Bonchev–Trinajstić information content (AvgIpc) is 2.91. The molecule has 1 aliphatic rings. The van der Waals surface area contributed by atoms with E-state index in [0.717, 1.165) is 5.56 Å². The van der Waals surface area contributed by atoms with Crippen LogP contribution in [0, 0.1) is 5.82 Å². The molecule has 0 bridgehead atoms. The van der Waals surface area contributed by atoms with E-state index in [-0.39, 0.29) is 18.4 Å². The lowest BCUT2D eigenvalue weighted by Crippen LogP contribution is -2.50. The van der Waals surface area contributed by atoms with Crippen LogP contribution in [0.4, 0.5) is 15.8 Å². The Morgan fingerprint density at radius 2 is 1.75 bits per heavy atom. The SMILES string of the molecule is CCOc1ccc(NC(=O)C(=O)NC[C@@H](c2cccnc2)N2CCN(c3ccccc3F)CC2)cc1. The Morgan fingerprint density at radius 3 is 2.42 bits per heavy atom. The number of nitrogens with one attached hydrogen (secondary N) is 2. The van der Waals surface area contributed by atoms with Crippen molar-refractivity contribution < 1.29 is 18.7 Å². The third-order valence-electron chi connectivity index (χ3n) is 6.10. The number of anilines is 2. The minimum atomic E-state index is -0.742. The predicted octanol–water partition coefficient (Wildman–Crippen LogP) is 3.24. The van der Waals surface area contributed by atoms with Crippen molar-refractivity contribution in [1.29, 1.82) is 0 Å². The monoisotopic (exact) mass is 491 g/mol. The molecule has 2 heterocycles. The van der Waals surface area contributed by atoms with Crippen molar-refractivity contribution >= 4 is 23.2 Å². The van der Waals surface area contributed by atoms with Gasteiger partial charge in [0.25, 0.3) is 0 Å². The lowest BCUT2D eigenvalue weighted by Gasteiger charge is -2.40. The molecule has 0 aliphatic carbocycles. The zero-order valence-electron chi connectivity index (χ0n) is 20.2. The Balaban J connectivity index is 1.36. The van der Waals surface area contributed by atoms with Crippen LogP contribution < -0.4 is 20.3 Å². The van der Waals surface area contributed by atoms with Gasteiger partial charge in [0.1, 0.15) is 11.6 Å². The van der Waals surface area contributed by atoms with Crippen LogP contribution in [-0.4, -0.2) is 61.0 Å². The largest absolute Gasteiger partial charge is 0.494 e. The first-order valence-electron chi connectivity index (χ1n) is 12.0. The maximum Gasteiger partial charge on any atom is 0.313 e. The summed E-state index contributed by atoms with van der Waals surface area (Å²) >= 11 is 0. The first-order chi connectivity index (χ1) is 17.5. The molecule has 4 rings (SSSR count). The standard InChI is InChI=1S/C27H30FN5O3/c1-2-36-22-11-9-21(10-12-22)31-27(35)26(34)30-19-25(20-6-5-13-29-18-20)33-16-14-32(15-17-33)24-8-4-3-7-23(24)28/h3-13,18,25H,2,14-17,19H2,1H3,(H,30,34)(H,31,35)/t25-/m0/s1. The van der Waals surface area contributed by atoms with E-state index in [2.05, 4.69) is 20.5 Å². The zero-order chi connectivity index (χ0) is 25.3. The molecule has 0 radical (unpaired) electrons. The number of piperazine rings is 1. The number of aromatic nitrogens is 1.